The van der Waals surface area contributed by atoms with Crippen molar-refractivity contribution in [2.75, 3.05) is 41.0 Å². The summed E-state index contributed by atoms with van der Waals surface area (Å²) < 4.78 is 16.3. The molecule has 1 unspecified atom stereocenters. The van der Waals surface area contributed by atoms with Crippen LogP contribution in [0.3, 0.4) is 0 Å². The van der Waals surface area contributed by atoms with E-state index in [0.29, 0.717) is 6.54 Å². The van der Waals surface area contributed by atoms with Crippen molar-refractivity contribution in [2.24, 2.45) is 0 Å². The number of rotatable bonds is 10. The molecule has 0 amide bonds. The summed E-state index contributed by atoms with van der Waals surface area (Å²) in [7, 11) is 5.26. The maximum atomic E-state index is 10.2. The zero-order valence-electron chi connectivity index (χ0n) is 16.1. The van der Waals surface area contributed by atoms with Gasteiger partial charge in [0, 0.05) is 13.1 Å². The Morgan fingerprint density at radius 3 is 2.50 bits per heavy atom. The normalized spacial score (nSPS) is 12.1. The van der Waals surface area contributed by atoms with Crippen LogP contribution in [0.1, 0.15) is 11.1 Å². The molecule has 0 aromatic heterocycles. The highest BCUT2D eigenvalue weighted by Crippen LogP contribution is 2.27. The Morgan fingerprint density at radius 1 is 1.04 bits per heavy atom. The summed E-state index contributed by atoms with van der Waals surface area (Å²) in [6.07, 6.45) is 0.327. The van der Waals surface area contributed by atoms with Crippen molar-refractivity contribution in [2.45, 2.75) is 19.4 Å². The van der Waals surface area contributed by atoms with E-state index in [9.17, 15) is 5.11 Å². The molecular formula is C21H29NO4. The minimum absolute atomic E-state index is 0.282. The van der Waals surface area contributed by atoms with Crippen molar-refractivity contribution in [3.05, 3.63) is 53.6 Å². The second-order valence-electron chi connectivity index (χ2n) is 6.48. The van der Waals surface area contributed by atoms with Gasteiger partial charge >= 0.3 is 0 Å². The molecule has 2 aromatic rings. The monoisotopic (exact) mass is 359 g/mol. The van der Waals surface area contributed by atoms with E-state index in [-0.39, 0.29) is 6.61 Å². The number of nitrogens with zero attached hydrogens (tertiary/aromatic N) is 1. The molecule has 1 atom stereocenters. The van der Waals surface area contributed by atoms with E-state index in [2.05, 4.69) is 4.90 Å². The number of methoxy groups -OCH3 is 2. The summed E-state index contributed by atoms with van der Waals surface area (Å²) in [5.74, 6) is 2.25. The van der Waals surface area contributed by atoms with E-state index in [1.54, 1.807) is 14.2 Å². The second-order valence-corrected chi connectivity index (χ2v) is 6.48. The number of aliphatic hydroxyl groups is 1. The van der Waals surface area contributed by atoms with E-state index >= 15 is 0 Å². The van der Waals surface area contributed by atoms with E-state index in [4.69, 9.17) is 14.2 Å². The van der Waals surface area contributed by atoms with Gasteiger partial charge in [-0.2, -0.15) is 0 Å². The highest BCUT2D eigenvalue weighted by atomic mass is 16.5. The first-order valence-corrected chi connectivity index (χ1v) is 8.78. The number of aryl methyl sites for hydroxylation is 1. The van der Waals surface area contributed by atoms with Crippen LogP contribution in [0, 0.1) is 6.92 Å². The van der Waals surface area contributed by atoms with Crippen molar-refractivity contribution in [1.82, 2.24) is 4.90 Å². The van der Waals surface area contributed by atoms with Crippen LogP contribution in [0.25, 0.3) is 0 Å². The average Bonchev–Trinajstić information content (AvgIpc) is 2.64. The lowest BCUT2D eigenvalue weighted by Gasteiger charge is -2.21. The number of hydrogen-bond donors (Lipinski definition) is 1. The molecule has 5 nitrogen and oxygen atoms in total. The van der Waals surface area contributed by atoms with Crippen molar-refractivity contribution in [3.8, 4) is 17.2 Å². The van der Waals surface area contributed by atoms with Crippen LogP contribution in [0.5, 0.6) is 17.2 Å². The summed E-state index contributed by atoms with van der Waals surface area (Å²) in [5.41, 5.74) is 2.31. The molecular weight excluding hydrogens is 330 g/mol. The largest absolute Gasteiger partial charge is 0.493 e. The first-order valence-electron chi connectivity index (χ1n) is 8.78. The fourth-order valence-electron chi connectivity index (χ4n) is 2.76. The first-order chi connectivity index (χ1) is 12.5. The second kappa shape index (κ2) is 10.0. The van der Waals surface area contributed by atoms with Gasteiger partial charge in [-0.05, 0) is 55.8 Å². The van der Waals surface area contributed by atoms with Crippen LogP contribution < -0.4 is 14.2 Å². The third-order valence-electron chi connectivity index (χ3n) is 4.18. The van der Waals surface area contributed by atoms with Gasteiger partial charge < -0.3 is 24.2 Å². The predicted molar refractivity (Wildman–Crippen MR) is 103 cm³/mol. The van der Waals surface area contributed by atoms with Crippen LogP contribution in [0.4, 0.5) is 0 Å². The van der Waals surface area contributed by atoms with Crippen LogP contribution in [-0.4, -0.2) is 57.1 Å². The lowest BCUT2D eigenvalue weighted by atomic mass is 10.1. The van der Waals surface area contributed by atoms with Gasteiger partial charge in [-0.25, -0.2) is 0 Å². The van der Waals surface area contributed by atoms with Crippen molar-refractivity contribution >= 4 is 0 Å². The van der Waals surface area contributed by atoms with E-state index in [1.165, 1.54) is 5.56 Å². The lowest BCUT2D eigenvalue weighted by Crippen LogP contribution is -2.34. The van der Waals surface area contributed by atoms with Crippen molar-refractivity contribution in [3.63, 3.8) is 0 Å². The molecule has 5 heteroatoms. The third-order valence-corrected chi connectivity index (χ3v) is 4.18. The molecule has 0 fully saturated rings. The highest BCUT2D eigenvalue weighted by Gasteiger charge is 2.10. The van der Waals surface area contributed by atoms with Gasteiger partial charge in [0.05, 0.1) is 14.2 Å². The third kappa shape index (κ3) is 6.24. The minimum atomic E-state index is -0.536. The molecule has 0 bridgehead atoms. The Labute approximate surface area is 156 Å². The minimum Gasteiger partial charge on any atom is -0.493 e. The quantitative estimate of drug-likeness (QED) is 0.707. The van der Waals surface area contributed by atoms with Crippen LogP contribution in [0.2, 0.25) is 0 Å². The van der Waals surface area contributed by atoms with E-state index < -0.39 is 6.10 Å². The number of hydrogen-bond acceptors (Lipinski definition) is 5. The van der Waals surface area contributed by atoms with Crippen LogP contribution in [0.15, 0.2) is 42.5 Å². The Kier molecular flexibility index (Phi) is 7.75. The molecule has 0 aliphatic heterocycles. The molecule has 0 radical (unpaired) electrons. The number of ether oxygens (including phenoxy) is 3. The molecule has 0 saturated heterocycles. The number of aliphatic hydroxyl groups excluding tert-OH is 1. The van der Waals surface area contributed by atoms with Gasteiger partial charge in [-0.3, -0.25) is 0 Å². The maximum absolute atomic E-state index is 10.2. The lowest BCUT2D eigenvalue weighted by molar-refractivity contribution is 0.0766. The molecule has 0 heterocycles. The Balaban J connectivity index is 1.76. The van der Waals surface area contributed by atoms with Gasteiger partial charge in [0.25, 0.3) is 0 Å². The van der Waals surface area contributed by atoms with Gasteiger partial charge in [0.2, 0.25) is 0 Å². The molecule has 0 aliphatic carbocycles. The molecule has 2 rings (SSSR count). The molecule has 0 saturated carbocycles. The van der Waals surface area contributed by atoms with Gasteiger partial charge in [0.1, 0.15) is 18.5 Å². The average molecular weight is 359 g/mol. The molecule has 26 heavy (non-hydrogen) atoms. The molecule has 2 aromatic carbocycles. The van der Waals surface area contributed by atoms with Crippen molar-refractivity contribution < 1.29 is 19.3 Å². The van der Waals surface area contributed by atoms with E-state index in [0.717, 1.165) is 35.8 Å². The molecule has 0 aliphatic rings. The fourth-order valence-corrected chi connectivity index (χ4v) is 2.76. The summed E-state index contributed by atoms with van der Waals surface area (Å²) >= 11 is 0. The van der Waals surface area contributed by atoms with Gasteiger partial charge in [-0.15, -0.1) is 0 Å². The Hall–Kier alpha value is -2.24. The number of likely N-dealkylation sites (N-methyl/N-ethyl adjacent to an activating group) is 1. The van der Waals surface area contributed by atoms with Crippen LogP contribution >= 0.6 is 0 Å². The number of benzene rings is 2. The Morgan fingerprint density at radius 2 is 1.81 bits per heavy atom. The SMILES string of the molecule is COc1ccc(CCN(C)CC(O)COc2cccc(C)c2)cc1OC. The zero-order chi connectivity index (χ0) is 18.9. The smallest absolute Gasteiger partial charge is 0.160 e. The molecule has 0 spiro atoms. The van der Waals surface area contributed by atoms with Gasteiger partial charge in [0.15, 0.2) is 11.5 Å². The summed E-state index contributed by atoms with van der Waals surface area (Å²) in [4.78, 5) is 2.10. The van der Waals surface area contributed by atoms with Crippen molar-refractivity contribution in [1.29, 1.82) is 0 Å². The summed E-state index contributed by atoms with van der Waals surface area (Å²) in [5, 5.41) is 10.2. The standard InChI is InChI=1S/C21H29NO4/c1-16-6-5-7-19(12-16)26-15-18(23)14-22(2)11-10-17-8-9-20(24-3)21(13-17)25-4/h5-9,12-13,18,23H,10-11,14-15H2,1-4H3. The van der Waals surface area contributed by atoms with Gasteiger partial charge in [-0.1, -0.05) is 18.2 Å². The Bertz CT molecular complexity index is 689. The topological polar surface area (TPSA) is 51.2 Å². The first kappa shape index (κ1) is 20.1. The predicted octanol–water partition coefficient (Wildman–Crippen LogP) is 2.93. The molecule has 1 N–H and O–H groups in total. The maximum Gasteiger partial charge on any atom is 0.160 e. The highest BCUT2D eigenvalue weighted by molar-refractivity contribution is 5.42. The summed E-state index contributed by atoms with van der Waals surface area (Å²) in [6, 6.07) is 13.8. The van der Waals surface area contributed by atoms with E-state index in [1.807, 2.05) is 56.4 Å². The zero-order valence-corrected chi connectivity index (χ0v) is 16.1. The molecule has 142 valence electrons. The summed E-state index contributed by atoms with van der Waals surface area (Å²) in [6.45, 7) is 3.69. The fraction of sp³-hybridized carbons (Fsp3) is 0.429. The van der Waals surface area contributed by atoms with Crippen LogP contribution in [-0.2, 0) is 6.42 Å².